The van der Waals surface area contributed by atoms with E-state index < -0.39 is 41.4 Å². The van der Waals surface area contributed by atoms with E-state index >= 15 is 0 Å². The average molecular weight is 300 g/mol. The minimum Gasteiger partial charge on any atom is -0.490 e. The third-order valence-electron chi connectivity index (χ3n) is 2.93. The molecule has 1 aromatic carbocycles. The third-order valence-corrected chi connectivity index (χ3v) is 2.93. The maximum Gasteiger partial charge on any atom is 0.416 e. The van der Waals surface area contributed by atoms with Crippen molar-refractivity contribution in [1.82, 2.24) is 0 Å². The van der Waals surface area contributed by atoms with Crippen molar-refractivity contribution in [2.45, 2.75) is 37.4 Å². The van der Waals surface area contributed by atoms with Gasteiger partial charge in [-0.2, -0.15) is 26.3 Å². The van der Waals surface area contributed by atoms with Crippen molar-refractivity contribution in [3.05, 3.63) is 29.3 Å². The summed E-state index contributed by atoms with van der Waals surface area (Å²) in [6, 6.07) is 1.10. The second kappa shape index (κ2) is 4.83. The van der Waals surface area contributed by atoms with Gasteiger partial charge in [-0.3, -0.25) is 0 Å². The minimum atomic E-state index is -4.89. The van der Waals surface area contributed by atoms with Crippen molar-refractivity contribution in [3.63, 3.8) is 0 Å². The molecule has 1 saturated carbocycles. The fourth-order valence-electron chi connectivity index (χ4n) is 1.82. The molecule has 20 heavy (non-hydrogen) atoms. The fraction of sp³-hybridized carbons (Fsp3) is 0.500. The number of alkyl halides is 6. The SMILES string of the molecule is OC1CC(Oc2cc(C(F)(F)F)cc(C(F)(F)F)c2)C1. The lowest BCUT2D eigenvalue weighted by molar-refractivity contribution is -0.143. The van der Waals surface area contributed by atoms with Crippen molar-refractivity contribution in [1.29, 1.82) is 0 Å². The Labute approximate surface area is 110 Å². The summed E-state index contributed by atoms with van der Waals surface area (Å²) in [6.07, 6.45) is -10.6. The van der Waals surface area contributed by atoms with Gasteiger partial charge in [0.05, 0.1) is 17.2 Å². The van der Waals surface area contributed by atoms with Crippen molar-refractivity contribution in [3.8, 4) is 5.75 Å². The smallest absolute Gasteiger partial charge is 0.416 e. The van der Waals surface area contributed by atoms with Gasteiger partial charge in [0, 0.05) is 12.8 Å². The van der Waals surface area contributed by atoms with Crippen LogP contribution in [0.5, 0.6) is 5.75 Å². The summed E-state index contributed by atoms with van der Waals surface area (Å²) in [7, 11) is 0. The van der Waals surface area contributed by atoms with Crippen LogP contribution in [0.15, 0.2) is 18.2 Å². The molecular weight excluding hydrogens is 290 g/mol. The molecule has 1 fully saturated rings. The van der Waals surface area contributed by atoms with Gasteiger partial charge in [0.2, 0.25) is 0 Å². The van der Waals surface area contributed by atoms with Gasteiger partial charge in [-0.1, -0.05) is 0 Å². The zero-order chi connectivity index (χ0) is 15.1. The van der Waals surface area contributed by atoms with Crippen LogP contribution in [0, 0.1) is 0 Å². The summed E-state index contributed by atoms with van der Waals surface area (Å²) in [5, 5.41) is 9.02. The van der Waals surface area contributed by atoms with Crippen molar-refractivity contribution in [2.24, 2.45) is 0 Å². The minimum absolute atomic E-state index is 0.0441. The van der Waals surface area contributed by atoms with Crippen molar-refractivity contribution in [2.75, 3.05) is 0 Å². The third kappa shape index (κ3) is 3.36. The Bertz CT molecular complexity index is 455. The van der Waals surface area contributed by atoms with E-state index in [0.29, 0.717) is 12.1 Å². The number of halogens is 6. The van der Waals surface area contributed by atoms with Crippen LogP contribution in [0.4, 0.5) is 26.3 Å². The van der Waals surface area contributed by atoms with Crippen LogP contribution in [0.1, 0.15) is 24.0 Å². The van der Waals surface area contributed by atoms with Gasteiger partial charge < -0.3 is 9.84 Å². The highest BCUT2D eigenvalue weighted by molar-refractivity contribution is 5.37. The van der Waals surface area contributed by atoms with Gasteiger partial charge in [0.15, 0.2) is 0 Å². The maximum atomic E-state index is 12.6. The van der Waals surface area contributed by atoms with Gasteiger partial charge in [-0.15, -0.1) is 0 Å². The Balaban J connectivity index is 2.31. The van der Waals surface area contributed by atoms with E-state index in [1.165, 1.54) is 0 Å². The number of hydrogen-bond donors (Lipinski definition) is 1. The molecule has 0 radical (unpaired) electrons. The molecule has 0 aliphatic heterocycles. The van der Waals surface area contributed by atoms with Crippen LogP contribution >= 0.6 is 0 Å². The first-order chi connectivity index (χ1) is 9.05. The lowest BCUT2D eigenvalue weighted by Crippen LogP contribution is -2.37. The van der Waals surface area contributed by atoms with Gasteiger partial charge in [-0.25, -0.2) is 0 Å². The quantitative estimate of drug-likeness (QED) is 0.845. The fourth-order valence-corrected chi connectivity index (χ4v) is 1.82. The van der Waals surface area contributed by atoms with Crippen LogP contribution in [0.3, 0.4) is 0 Å². The number of benzene rings is 1. The molecule has 0 heterocycles. The highest BCUT2D eigenvalue weighted by Crippen LogP contribution is 2.39. The Kier molecular flexibility index (Phi) is 3.62. The molecule has 0 amide bonds. The molecular formula is C12H10F6O2. The summed E-state index contributed by atoms with van der Waals surface area (Å²) < 4.78 is 80.4. The van der Waals surface area contributed by atoms with Crippen molar-refractivity contribution >= 4 is 0 Å². The lowest BCUT2D eigenvalue weighted by atomic mass is 9.92. The summed E-state index contributed by atoms with van der Waals surface area (Å²) in [5.41, 5.74) is -2.83. The molecule has 0 atom stereocenters. The molecule has 112 valence electrons. The highest BCUT2D eigenvalue weighted by atomic mass is 19.4. The summed E-state index contributed by atoms with van der Waals surface area (Å²) in [6.45, 7) is 0. The summed E-state index contributed by atoms with van der Waals surface area (Å²) >= 11 is 0. The van der Waals surface area contributed by atoms with E-state index in [1.54, 1.807) is 0 Å². The number of rotatable bonds is 2. The second-order valence-corrected chi connectivity index (χ2v) is 4.61. The second-order valence-electron chi connectivity index (χ2n) is 4.61. The van der Waals surface area contributed by atoms with E-state index in [2.05, 4.69) is 0 Å². The standard InChI is InChI=1S/C12H10F6O2/c13-11(14,15)6-1-7(12(16,17)18)3-9(2-6)20-10-4-8(19)5-10/h1-3,8,10,19H,4-5H2. The van der Waals surface area contributed by atoms with E-state index in [9.17, 15) is 26.3 Å². The Morgan fingerprint density at radius 1 is 0.900 bits per heavy atom. The molecule has 1 aromatic rings. The van der Waals surface area contributed by atoms with E-state index in [-0.39, 0.29) is 18.9 Å². The first-order valence-corrected chi connectivity index (χ1v) is 5.70. The molecule has 1 N–H and O–H groups in total. The van der Waals surface area contributed by atoms with Gasteiger partial charge in [-0.05, 0) is 18.2 Å². The molecule has 2 rings (SSSR count). The maximum absolute atomic E-state index is 12.6. The molecule has 1 aliphatic rings. The Hall–Kier alpha value is -1.44. The van der Waals surface area contributed by atoms with Gasteiger partial charge >= 0.3 is 12.4 Å². The van der Waals surface area contributed by atoms with Crippen LogP contribution in [-0.2, 0) is 12.4 Å². The predicted molar refractivity (Wildman–Crippen MR) is 56.1 cm³/mol. The van der Waals surface area contributed by atoms with E-state index in [1.807, 2.05) is 0 Å². The normalized spacial score (nSPS) is 23.4. The molecule has 8 heteroatoms. The molecule has 0 spiro atoms. The monoisotopic (exact) mass is 300 g/mol. The zero-order valence-electron chi connectivity index (χ0n) is 9.92. The summed E-state index contributed by atoms with van der Waals surface area (Å²) in [5.74, 6) is -0.496. The van der Waals surface area contributed by atoms with Gasteiger partial charge in [0.1, 0.15) is 11.9 Å². The van der Waals surface area contributed by atoms with Crippen LogP contribution in [-0.4, -0.2) is 17.3 Å². The molecule has 2 nitrogen and oxygen atoms in total. The molecule has 1 aliphatic carbocycles. The molecule has 0 aromatic heterocycles. The first kappa shape index (κ1) is 15.0. The molecule has 0 bridgehead atoms. The number of hydrogen-bond acceptors (Lipinski definition) is 2. The van der Waals surface area contributed by atoms with E-state index in [0.717, 1.165) is 0 Å². The van der Waals surface area contributed by atoms with Crippen LogP contribution < -0.4 is 4.74 Å². The van der Waals surface area contributed by atoms with Gasteiger partial charge in [0.25, 0.3) is 0 Å². The zero-order valence-corrected chi connectivity index (χ0v) is 9.92. The first-order valence-electron chi connectivity index (χ1n) is 5.70. The average Bonchev–Trinajstić information content (AvgIpc) is 2.24. The largest absolute Gasteiger partial charge is 0.490 e. The number of aliphatic hydroxyl groups excluding tert-OH is 1. The molecule has 0 saturated heterocycles. The Morgan fingerprint density at radius 3 is 1.70 bits per heavy atom. The molecule has 0 unspecified atom stereocenters. The predicted octanol–water partition coefficient (Wildman–Crippen LogP) is 3.63. The van der Waals surface area contributed by atoms with Crippen LogP contribution in [0.25, 0.3) is 0 Å². The van der Waals surface area contributed by atoms with Crippen LogP contribution in [0.2, 0.25) is 0 Å². The van der Waals surface area contributed by atoms with Crippen molar-refractivity contribution < 1.29 is 36.2 Å². The van der Waals surface area contributed by atoms with E-state index in [4.69, 9.17) is 9.84 Å². The lowest BCUT2D eigenvalue weighted by Gasteiger charge is -2.32. The topological polar surface area (TPSA) is 29.5 Å². The Morgan fingerprint density at radius 2 is 1.35 bits per heavy atom. The number of aliphatic hydroxyl groups is 1. The highest BCUT2D eigenvalue weighted by Gasteiger charge is 2.38. The summed E-state index contributed by atoms with van der Waals surface area (Å²) in [4.78, 5) is 0. The number of ether oxygens (including phenoxy) is 1.